The Hall–Kier alpha value is -1.36. The predicted octanol–water partition coefficient (Wildman–Crippen LogP) is 2.34. The standard InChI is InChI=1S/C15H22N2O2S/c1-4-12-9(2)7-13(20-12)15(19)17-8-11(14(16)18)6-5-10(17)3/h7,10-11H,4-6,8H2,1-3H3,(H2,16,18)/t10-,11+/m0/s1. The van der Waals surface area contributed by atoms with Crippen LogP contribution in [0.2, 0.25) is 0 Å². The molecule has 1 saturated heterocycles. The first-order valence-corrected chi connectivity index (χ1v) is 7.95. The van der Waals surface area contributed by atoms with Gasteiger partial charge in [0.25, 0.3) is 5.91 Å². The van der Waals surface area contributed by atoms with Gasteiger partial charge in [0, 0.05) is 17.5 Å². The zero-order valence-electron chi connectivity index (χ0n) is 12.3. The molecule has 110 valence electrons. The number of piperidine rings is 1. The fourth-order valence-corrected chi connectivity index (χ4v) is 3.81. The van der Waals surface area contributed by atoms with Gasteiger partial charge in [-0.05, 0) is 44.7 Å². The second kappa shape index (κ2) is 5.95. The zero-order chi connectivity index (χ0) is 14.9. The van der Waals surface area contributed by atoms with Crippen LogP contribution in [0.1, 0.15) is 46.8 Å². The first-order chi connectivity index (χ1) is 9.43. The van der Waals surface area contributed by atoms with Crippen molar-refractivity contribution in [3.05, 3.63) is 21.4 Å². The van der Waals surface area contributed by atoms with E-state index in [4.69, 9.17) is 5.73 Å². The summed E-state index contributed by atoms with van der Waals surface area (Å²) in [5.41, 5.74) is 6.57. The Bertz CT molecular complexity index is 524. The molecule has 1 aromatic rings. The summed E-state index contributed by atoms with van der Waals surface area (Å²) in [6.45, 7) is 6.63. The number of carbonyl (C=O) groups is 2. The van der Waals surface area contributed by atoms with Gasteiger partial charge in [-0.15, -0.1) is 11.3 Å². The van der Waals surface area contributed by atoms with Gasteiger partial charge in [0.1, 0.15) is 0 Å². The third kappa shape index (κ3) is 2.87. The average molecular weight is 294 g/mol. The number of nitrogens with zero attached hydrogens (tertiary/aromatic N) is 1. The molecule has 1 aliphatic rings. The van der Waals surface area contributed by atoms with Crippen molar-refractivity contribution in [2.75, 3.05) is 6.54 Å². The molecule has 2 N–H and O–H groups in total. The molecule has 20 heavy (non-hydrogen) atoms. The number of rotatable bonds is 3. The third-order valence-electron chi connectivity index (χ3n) is 4.10. The van der Waals surface area contributed by atoms with E-state index in [0.29, 0.717) is 6.54 Å². The van der Waals surface area contributed by atoms with E-state index in [1.807, 2.05) is 24.8 Å². The molecule has 2 rings (SSSR count). The number of carbonyl (C=O) groups excluding carboxylic acids is 2. The molecular formula is C15H22N2O2S. The summed E-state index contributed by atoms with van der Waals surface area (Å²) in [5.74, 6) is -0.468. The van der Waals surface area contributed by atoms with Gasteiger partial charge in [-0.1, -0.05) is 6.92 Å². The lowest BCUT2D eigenvalue weighted by molar-refractivity contribution is -0.123. The molecular weight excluding hydrogens is 272 g/mol. The predicted molar refractivity (Wildman–Crippen MR) is 80.9 cm³/mol. The van der Waals surface area contributed by atoms with Crippen LogP contribution < -0.4 is 5.73 Å². The molecule has 2 amide bonds. The lowest BCUT2D eigenvalue weighted by Gasteiger charge is -2.36. The Morgan fingerprint density at radius 2 is 2.15 bits per heavy atom. The molecule has 2 atom stereocenters. The van der Waals surface area contributed by atoms with E-state index in [2.05, 4.69) is 6.92 Å². The second-order valence-corrected chi connectivity index (χ2v) is 6.69. The van der Waals surface area contributed by atoms with Crippen molar-refractivity contribution in [1.29, 1.82) is 0 Å². The average Bonchev–Trinajstić information content (AvgIpc) is 2.79. The van der Waals surface area contributed by atoms with E-state index < -0.39 is 0 Å². The van der Waals surface area contributed by atoms with E-state index in [1.165, 1.54) is 10.4 Å². The second-order valence-electron chi connectivity index (χ2n) is 5.55. The topological polar surface area (TPSA) is 63.4 Å². The van der Waals surface area contributed by atoms with Crippen molar-refractivity contribution in [3.63, 3.8) is 0 Å². The number of hydrogen-bond acceptors (Lipinski definition) is 3. The zero-order valence-corrected chi connectivity index (χ0v) is 13.1. The maximum atomic E-state index is 12.6. The summed E-state index contributed by atoms with van der Waals surface area (Å²) in [7, 11) is 0. The SMILES string of the molecule is CCc1sc(C(=O)N2C[C@H](C(N)=O)CC[C@@H]2C)cc1C. The first kappa shape index (κ1) is 15.0. The lowest BCUT2D eigenvalue weighted by atomic mass is 9.93. The highest BCUT2D eigenvalue weighted by atomic mass is 32.1. The van der Waals surface area contributed by atoms with Crippen LogP contribution in [0.5, 0.6) is 0 Å². The number of primary amides is 1. The Labute approximate surface area is 124 Å². The largest absolute Gasteiger partial charge is 0.369 e. The molecule has 0 radical (unpaired) electrons. The monoisotopic (exact) mass is 294 g/mol. The molecule has 0 unspecified atom stereocenters. The highest BCUT2D eigenvalue weighted by molar-refractivity contribution is 7.14. The highest BCUT2D eigenvalue weighted by Gasteiger charge is 2.32. The number of thiophene rings is 1. The van der Waals surface area contributed by atoms with Crippen LogP contribution in [-0.2, 0) is 11.2 Å². The number of likely N-dealkylation sites (tertiary alicyclic amines) is 1. The van der Waals surface area contributed by atoms with E-state index in [0.717, 1.165) is 24.1 Å². The van der Waals surface area contributed by atoms with Crippen LogP contribution in [0.4, 0.5) is 0 Å². The van der Waals surface area contributed by atoms with Crippen LogP contribution in [0.15, 0.2) is 6.07 Å². The molecule has 0 saturated carbocycles. The fourth-order valence-electron chi connectivity index (χ4n) is 2.74. The van der Waals surface area contributed by atoms with Gasteiger partial charge in [0.05, 0.1) is 10.8 Å². The lowest BCUT2D eigenvalue weighted by Crippen LogP contribution is -2.48. The maximum absolute atomic E-state index is 12.6. The van der Waals surface area contributed by atoms with Gasteiger partial charge in [0.15, 0.2) is 0 Å². The summed E-state index contributed by atoms with van der Waals surface area (Å²) in [5, 5.41) is 0. The Balaban J connectivity index is 2.19. The van der Waals surface area contributed by atoms with E-state index in [1.54, 1.807) is 11.3 Å². The molecule has 1 fully saturated rings. The van der Waals surface area contributed by atoms with Gasteiger partial charge in [0.2, 0.25) is 5.91 Å². The number of amides is 2. The fraction of sp³-hybridized carbons (Fsp3) is 0.600. The summed E-state index contributed by atoms with van der Waals surface area (Å²) >= 11 is 1.57. The van der Waals surface area contributed by atoms with Crippen LogP contribution in [0.25, 0.3) is 0 Å². The third-order valence-corrected chi connectivity index (χ3v) is 5.47. The van der Waals surface area contributed by atoms with Gasteiger partial charge in [-0.2, -0.15) is 0 Å². The van der Waals surface area contributed by atoms with E-state index >= 15 is 0 Å². The smallest absolute Gasteiger partial charge is 0.264 e. The van der Waals surface area contributed by atoms with Gasteiger partial charge in [-0.3, -0.25) is 9.59 Å². The quantitative estimate of drug-likeness (QED) is 0.930. The van der Waals surface area contributed by atoms with Gasteiger partial charge in [-0.25, -0.2) is 0 Å². The van der Waals surface area contributed by atoms with Gasteiger partial charge < -0.3 is 10.6 Å². The summed E-state index contributed by atoms with van der Waals surface area (Å²) in [4.78, 5) is 27.8. The summed E-state index contributed by atoms with van der Waals surface area (Å²) in [6, 6.07) is 2.14. The normalized spacial score (nSPS) is 22.9. The van der Waals surface area contributed by atoms with Crippen molar-refractivity contribution in [2.45, 2.75) is 46.1 Å². The number of hydrogen-bond donors (Lipinski definition) is 1. The van der Waals surface area contributed by atoms with E-state index in [9.17, 15) is 9.59 Å². The molecule has 1 aromatic heterocycles. The Morgan fingerprint density at radius 3 is 2.70 bits per heavy atom. The van der Waals surface area contributed by atoms with Gasteiger partial charge >= 0.3 is 0 Å². The maximum Gasteiger partial charge on any atom is 0.264 e. The summed E-state index contributed by atoms with van der Waals surface area (Å²) < 4.78 is 0. The Kier molecular flexibility index (Phi) is 4.48. The Morgan fingerprint density at radius 1 is 1.45 bits per heavy atom. The highest BCUT2D eigenvalue weighted by Crippen LogP contribution is 2.28. The van der Waals surface area contributed by atoms with Crippen LogP contribution in [0, 0.1) is 12.8 Å². The molecule has 2 heterocycles. The summed E-state index contributed by atoms with van der Waals surface area (Å²) in [6.07, 6.45) is 2.57. The molecule has 0 aliphatic carbocycles. The molecule has 4 nitrogen and oxygen atoms in total. The van der Waals surface area contributed by atoms with Crippen LogP contribution in [0.3, 0.4) is 0 Å². The molecule has 0 spiro atoms. The minimum Gasteiger partial charge on any atom is -0.369 e. The van der Waals surface area contributed by atoms with Crippen LogP contribution >= 0.6 is 11.3 Å². The number of nitrogens with two attached hydrogens (primary N) is 1. The minimum absolute atomic E-state index is 0.0382. The number of aryl methyl sites for hydroxylation is 2. The molecule has 5 heteroatoms. The van der Waals surface area contributed by atoms with E-state index in [-0.39, 0.29) is 23.8 Å². The first-order valence-electron chi connectivity index (χ1n) is 7.13. The van der Waals surface area contributed by atoms with Crippen molar-refractivity contribution >= 4 is 23.2 Å². The molecule has 0 bridgehead atoms. The minimum atomic E-state index is -0.300. The van der Waals surface area contributed by atoms with Crippen molar-refractivity contribution in [3.8, 4) is 0 Å². The van der Waals surface area contributed by atoms with Crippen LogP contribution in [-0.4, -0.2) is 29.3 Å². The van der Waals surface area contributed by atoms with Crippen molar-refractivity contribution in [1.82, 2.24) is 4.90 Å². The van der Waals surface area contributed by atoms with Crippen molar-refractivity contribution in [2.24, 2.45) is 11.7 Å². The molecule has 0 aromatic carbocycles. The molecule has 1 aliphatic heterocycles. The van der Waals surface area contributed by atoms with Crippen molar-refractivity contribution < 1.29 is 9.59 Å².